The van der Waals surface area contributed by atoms with Crippen LogP contribution in [-0.4, -0.2) is 12.8 Å². The van der Waals surface area contributed by atoms with Crippen molar-refractivity contribution in [2.24, 2.45) is 5.41 Å². The van der Waals surface area contributed by atoms with Crippen LogP contribution in [0.15, 0.2) is 48.5 Å². The molecule has 0 spiro atoms. The molecule has 0 aromatic heterocycles. The second kappa shape index (κ2) is 15.8. The minimum Gasteiger partial charge on any atom is -0.491 e. The van der Waals surface area contributed by atoms with E-state index < -0.39 is 6.17 Å². The highest BCUT2D eigenvalue weighted by Crippen LogP contribution is 2.41. The zero-order chi connectivity index (χ0) is 26.3. The van der Waals surface area contributed by atoms with Gasteiger partial charge < -0.3 is 4.74 Å². The van der Waals surface area contributed by atoms with Crippen LogP contribution >= 0.6 is 0 Å². The first-order valence-electron chi connectivity index (χ1n) is 15.0. The summed E-state index contributed by atoms with van der Waals surface area (Å²) in [7, 11) is 0. The molecular formula is C34H48FNO. The molecule has 202 valence electrons. The molecule has 0 N–H and O–H groups in total. The van der Waals surface area contributed by atoms with Gasteiger partial charge in [-0.25, -0.2) is 4.39 Å². The fraction of sp³-hybridized carbons (Fsp3) is 0.618. The molecule has 2 aromatic rings. The molecule has 1 unspecified atom stereocenters. The van der Waals surface area contributed by atoms with Gasteiger partial charge in [-0.1, -0.05) is 108 Å². The SMILES string of the molecule is CCCCCC[C@H](F)COc1ccc(-c2ccc(C(CCC)CCCC3(C#N)CCCCC3)cc2)cc1. The second-order valence-electron chi connectivity index (χ2n) is 11.2. The summed E-state index contributed by atoms with van der Waals surface area (Å²) in [6.07, 6.45) is 15.7. The van der Waals surface area contributed by atoms with E-state index >= 15 is 0 Å². The molecule has 2 atom stereocenters. The predicted octanol–water partition coefficient (Wildman–Crippen LogP) is 10.6. The van der Waals surface area contributed by atoms with Crippen molar-refractivity contribution in [3.05, 3.63) is 54.1 Å². The summed E-state index contributed by atoms with van der Waals surface area (Å²) in [5.41, 5.74) is 3.69. The van der Waals surface area contributed by atoms with E-state index in [4.69, 9.17) is 4.74 Å². The minimum absolute atomic E-state index is 0.0610. The van der Waals surface area contributed by atoms with E-state index in [0.717, 1.165) is 56.3 Å². The summed E-state index contributed by atoms with van der Waals surface area (Å²) in [6.45, 7) is 4.57. The molecule has 2 aromatic carbocycles. The van der Waals surface area contributed by atoms with Gasteiger partial charge in [0.1, 0.15) is 18.5 Å². The van der Waals surface area contributed by atoms with Crippen LogP contribution in [0, 0.1) is 16.7 Å². The Labute approximate surface area is 225 Å². The largest absolute Gasteiger partial charge is 0.491 e. The summed E-state index contributed by atoms with van der Waals surface area (Å²) < 4.78 is 19.8. The summed E-state index contributed by atoms with van der Waals surface area (Å²) >= 11 is 0. The van der Waals surface area contributed by atoms with Crippen LogP contribution in [0.5, 0.6) is 5.75 Å². The van der Waals surface area contributed by atoms with Gasteiger partial charge in [-0.3, -0.25) is 0 Å². The van der Waals surface area contributed by atoms with Gasteiger partial charge in [0.05, 0.1) is 11.5 Å². The van der Waals surface area contributed by atoms with Crippen molar-refractivity contribution < 1.29 is 9.13 Å². The molecule has 1 aliphatic rings. The Morgan fingerprint density at radius 3 is 2.11 bits per heavy atom. The molecule has 37 heavy (non-hydrogen) atoms. The van der Waals surface area contributed by atoms with E-state index in [1.54, 1.807) is 0 Å². The molecule has 0 radical (unpaired) electrons. The van der Waals surface area contributed by atoms with Crippen LogP contribution in [0.25, 0.3) is 11.1 Å². The van der Waals surface area contributed by atoms with Gasteiger partial charge in [0, 0.05) is 0 Å². The molecule has 0 heterocycles. The van der Waals surface area contributed by atoms with Gasteiger partial charge >= 0.3 is 0 Å². The molecule has 3 rings (SSSR count). The van der Waals surface area contributed by atoms with Crippen LogP contribution in [0.2, 0.25) is 0 Å². The lowest BCUT2D eigenvalue weighted by molar-refractivity contribution is 0.184. The Morgan fingerprint density at radius 2 is 1.49 bits per heavy atom. The second-order valence-corrected chi connectivity index (χ2v) is 11.2. The van der Waals surface area contributed by atoms with Crippen LogP contribution in [0.1, 0.15) is 122 Å². The highest BCUT2D eigenvalue weighted by molar-refractivity contribution is 5.64. The summed E-state index contributed by atoms with van der Waals surface area (Å²) in [6, 6.07) is 19.7. The smallest absolute Gasteiger partial charge is 0.134 e. The molecular weight excluding hydrogens is 457 g/mol. The number of nitrogens with zero attached hydrogens (tertiary/aromatic N) is 1. The number of alkyl halides is 1. The Bertz CT molecular complexity index is 924. The third kappa shape index (κ3) is 9.48. The normalized spacial score (nSPS) is 16.6. The highest BCUT2D eigenvalue weighted by Gasteiger charge is 2.31. The summed E-state index contributed by atoms with van der Waals surface area (Å²) in [5, 5.41) is 9.81. The van der Waals surface area contributed by atoms with Crippen molar-refractivity contribution in [3.8, 4) is 22.9 Å². The number of benzene rings is 2. The third-order valence-corrected chi connectivity index (χ3v) is 8.26. The minimum atomic E-state index is -0.895. The van der Waals surface area contributed by atoms with Gasteiger partial charge in [0.25, 0.3) is 0 Å². The number of rotatable bonds is 16. The summed E-state index contributed by atoms with van der Waals surface area (Å²) in [5.74, 6) is 1.29. The highest BCUT2D eigenvalue weighted by atomic mass is 19.1. The van der Waals surface area contributed by atoms with Crippen molar-refractivity contribution in [2.45, 2.75) is 122 Å². The molecule has 0 saturated heterocycles. The Hall–Kier alpha value is -2.34. The standard InChI is InChI=1S/C34H48FNO/c1-3-5-6-8-14-32(35)26-37-33-21-19-31(20-22-33)30-17-15-29(16-18-30)28(12-4-2)13-11-25-34(27-36)23-9-7-10-24-34/h15-22,28,32H,3-14,23-26H2,1-2H3/t28?,32-/m0/s1. The Kier molecular flexibility index (Phi) is 12.5. The maximum absolute atomic E-state index is 14.1. The first-order chi connectivity index (χ1) is 18.1. The van der Waals surface area contributed by atoms with E-state index in [0.29, 0.717) is 12.3 Å². The molecule has 0 amide bonds. The van der Waals surface area contributed by atoms with Gasteiger partial charge in [-0.15, -0.1) is 0 Å². The van der Waals surface area contributed by atoms with E-state index in [1.165, 1.54) is 56.1 Å². The first-order valence-corrected chi connectivity index (χ1v) is 15.0. The van der Waals surface area contributed by atoms with Crippen LogP contribution < -0.4 is 4.74 Å². The molecule has 0 bridgehead atoms. The molecule has 1 fully saturated rings. The van der Waals surface area contributed by atoms with Crippen LogP contribution in [0.3, 0.4) is 0 Å². The van der Waals surface area contributed by atoms with Gasteiger partial charge in [0.15, 0.2) is 0 Å². The zero-order valence-corrected chi connectivity index (χ0v) is 23.3. The van der Waals surface area contributed by atoms with Gasteiger partial charge in [0.2, 0.25) is 0 Å². The van der Waals surface area contributed by atoms with Crippen LogP contribution in [0.4, 0.5) is 4.39 Å². The number of ether oxygens (including phenoxy) is 1. The number of halogens is 1. The van der Waals surface area contributed by atoms with Gasteiger partial charge in [-0.2, -0.15) is 5.26 Å². The number of nitriles is 1. The Morgan fingerprint density at radius 1 is 0.811 bits per heavy atom. The quantitative estimate of drug-likeness (QED) is 0.213. The predicted molar refractivity (Wildman–Crippen MR) is 154 cm³/mol. The zero-order valence-electron chi connectivity index (χ0n) is 23.3. The first kappa shape index (κ1) is 29.2. The number of hydrogen-bond acceptors (Lipinski definition) is 2. The average Bonchev–Trinajstić information content (AvgIpc) is 2.95. The van der Waals surface area contributed by atoms with Gasteiger partial charge in [-0.05, 0) is 73.3 Å². The fourth-order valence-corrected chi connectivity index (χ4v) is 5.91. The fourth-order valence-electron chi connectivity index (χ4n) is 5.91. The lowest BCUT2D eigenvalue weighted by atomic mass is 9.71. The summed E-state index contributed by atoms with van der Waals surface area (Å²) in [4.78, 5) is 0. The van der Waals surface area contributed by atoms with E-state index in [9.17, 15) is 9.65 Å². The third-order valence-electron chi connectivity index (χ3n) is 8.26. The molecule has 2 nitrogen and oxygen atoms in total. The lowest BCUT2D eigenvalue weighted by Crippen LogP contribution is -2.22. The van der Waals surface area contributed by atoms with E-state index in [1.807, 2.05) is 12.1 Å². The average molecular weight is 506 g/mol. The van der Waals surface area contributed by atoms with E-state index in [-0.39, 0.29) is 12.0 Å². The maximum Gasteiger partial charge on any atom is 0.134 e. The maximum atomic E-state index is 14.1. The molecule has 1 saturated carbocycles. The van der Waals surface area contributed by atoms with Crippen molar-refractivity contribution in [3.63, 3.8) is 0 Å². The lowest BCUT2D eigenvalue weighted by Gasteiger charge is -2.31. The van der Waals surface area contributed by atoms with Crippen molar-refractivity contribution in [1.29, 1.82) is 5.26 Å². The monoisotopic (exact) mass is 505 g/mol. The van der Waals surface area contributed by atoms with Crippen LogP contribution in [-0.2, 0) is 0 Å². The van der Waals surface area contributed by atoms with Crippen molar-refractivity contribution >= 4 is 0 Å². The van der Waals surface area contributed by atoms with Crippen molar-refractivity contribution in [1.82, 2.24) is 0 Å². The number of unbranched alkanes of at least 4 members (excludes halogenated alkanes) is 3. The topological polar surface area (TPSA) is 33.0 Å². The van der Waals surface area contributed by atoms with E-state index in [2.05, 4.69) is 56.3 Å². The number of hydrogen-bond donors (Lipinski definition) is 0. The Balaban J connectivity index is 1.50. The molecule has 1 aliphatic carbocycles. The van der Waals surface area contributed by atoms with Crippen molar-refractivity contribution in [2.75, 3.05) is 6.61 Å². The molecule has 0 aliphatic heterocycles. The molecule has 3 heteroatoms.